The molecular formula is C19H27N3O3. The Morgan fingerprint density at radius 3 is 2.88 bits per heavy atom. The lowest BCUT2D eigenvalue weighted by atomic mass is 10.0. The number of rotatable bonds is 5. The van der Waals surface area contributed by atoms with E-state index in [9.17, 15) is 9.59 Å². The second-order valence-electron chi connectivity index (χ2n) is 6.87. The highest BCUT2D eigenvalue weighted by Gasteiger charge is 2.32. The minimum atomic E-state index is -0.0148. The van der Waals surface area contributed by atoms with Crippen molar-refractivity contribution in [3.8, 4) is 5.75 Å². The first-order chi connectivity index (χ1) is 12.1. The Bertz CT molecular complexity index is 647. The Kier molecular flexibility index (Phi) is 5.56. The Hall–Kier alpha value is -2.11. The van der Waals surface area contributed by atoms with Gasteiger partial charge in [-0.05, 0) is 44.7 Å². The van der Waals surface area contributed by atoms with Crippen LogP contribution in [0.2, 0.25) is 0 Å². The maximum absolute atomic E-state index is 12.6. The first-order valence-electron chi connectivity index (χ1n) is 9.25. The summed E-state index contributed by atoms with van der Waals surface area (Å²) in [5.74, 6) is 0.901. The Morgan fingerprint density at radius 2 is 2.16 bits per heavy atom. The average molecular weight is 345 g/mol. The number of hydrogen-bond acceptors (Lipinski definition) is 4. The zero-order valence-corrected chi connectivity index (χ0v) is 15.2. The Labute approximate surface area is 149 Å². The lowest BCUT2D eigenvalue weighted by molar-refractivity contribution is -0.138. The second-order valence-corrected chi connectivity index (χ2v) is 6.87. The van der Waals surface area contributed by atoms with E-state index in [-0.39, 0.29) is 24.5 Å². The molecule has 0 aromatic carbocycles. The number of aromatic nitrogens is 1. The quantitative estimate of drug-likeness (QED) is 0.818. The van der Waals surface area contributed by atoms with Gasteiger partial charge in [0.1, 0.15) is 5.75 Å². The molecule has 0 saturated carbocycles. The van der Waals surface area contributed by atoms with Crippen molar-refractivity contribution in [2.45, 2.75) is 52.0 Å². The molecule has 0 N–H and O–H groups in total. The molecule has 2 saturated heterocycles. The topological polar surface area (TPSA) is 62.7 Å². The van der Waals surface area contributed by atoms with Crippen LogP contribution < -0.4 is 4.74 Å². The molecule has 3 heterocycles. The average Bonchev–Trinajstić information content (AvgIpc) is 3.06. The van der Waals surface area contributed by atoms with Crippen LogP contribution in [0.25, 0.3) is 0 Å². The van der Waals surface area contributed by atoms with Gasteiger partial charge in [-0.25, -0.2) is 0 Å². The van der Waals surface area contributed by atoms with Crippen molar-refractivity contribution >= 4 is 11.8 Å². The van der Waals surface area contributed by atoms with Gasteiger partial charge in [-0.2, -0.15) is 0 Å². The molecule has 1 atom stereocenters. The number of pyridine rings is 1. The molecule has 1 aromatic rings. The molecule has 2 fully saturated rings. The molecule has 2 amide bonds. The van der Waals surface area contributed by atoms with Crippen molar-refractivity contribution in [3.63, 3.8) is 0 Å². The van der Waals surface area contributed by atoms with E-state index >= 15 is 0 Å². The molecule has 1 aromatic heterocycles. The number of nitrogens with zero attached hydrogens (tertiary/aromatic N) is 3. The smallest absolute Gasteiger partial charge is 0.260 e. The van der Waals surface area contributed by atoms with Gasteiger partial charge in [-0.1, -0.05) is 6.92 Å². The summed E-state index contributed by atoms with van der Waals surface area (Å²) in [4.78, 5) is 32.8. The molecule has 0 aliphatic carbocycles. The van der Waals surface area contributed by atoms with Gasteiger partial charge in [-0.3, -0.25) is 14.6 Å². The van der Waals surface area contributed by atoms with E-state index < -0.39 is 0 Å². The van der Waals surface area contributed by atoms with Crippen molar-refractivity contribution in [1.29, 1.82) is 0 Å². The molecule has 2 aliphatic heterocycles. The monoisotopic (exact) mass is 345 g/mol. The first-order valence-corrected chi connectivity index (χ1v) is 9.25. The fraction of sp³-hybridized carbons (Fsp3) is 0.632. The van der Waals surface area contributed by atoms with E-state index in [1.807, 2.05) is 35.8 Å². The van der Waals surface area contributed by atoms with E-state index in [1.54, 1.807) is 0 Å². The number of likely N-dealkylation sites (tertiary alicyclic amines) is 2. The zero-order valence-electron chi connectivity index (χ0n) is 15.2. The highest BCUT2D eigenvalue weighted by molar-refractivity contribution is 5.79. The van der Waals surface area contributed by atoms with Gasteiger partial charge >= 0.3 is 0 Å². The second kappa shape index (κ2) is 7.85. The molecule has 0 bridgehead atoms. The van der Waals surface area contributed by atoms with Crippen LogP contribution in [0.4, 0.5) is 0 Å². The van der Waals surface area contributed by atoms with Gasteiger partial charge in [0.05, 0.1) is 5.69 Å². The third kappa shape index (κ3) is 4.11. The van der Waals surface area contributed by atoms with Crippen molar-refractivity contribution < 1.29 is 14.3 Å². The SMILES string of the molecule is CCc1nc(C)ccc1OCC(=O)N1CCC[C@@H](N2CCCC2=O)C1. The first kappa shape index (κ1) is 17.7. The van der Waals surface area contributed by atoms with E-state index in [0.717, 1.165) is 50.2 Å². The fourth-order valence-electron chi connectivity index (χ4n) is 3.70. The highest BCUT2D eigenvalue weighted by atomic mass is 16.5. The minimum absolute atomic E-state index is 0.0148. The summed E-state index contributed by atoms with van der Waals surface area (Å²) in [6.45, 7) is 6.20. The van der Waals surface area contributed by atoms with Crippen molar-refractivity contribution in [2.24, 2.45) is 0 Å². The fourth-order valence-corrected chi connectivity index (χ4v) is 3.70. The van der Waals surface area contributed by atoms with Gasteiger partial charge in [0, 0.05) is 37.8 Å². The Morgan fingerprint density at radius 1 is 1.32 bits per heavy atom. The molecule has 2 aliphatic rings. The number of carbonyl (C=O) groups excluding carboxylic acids is 2. The van der Waals surface area contributed by atoms with Crippen LogP contribution in [0.1, 0.15) is 44.0 Å². The van der Waals surface area contributed by atoms with Gasteiger partial charge in [0.15, 0.2) is 6.61 Å². The molecule has 136 valence electrons. The zero-order chi connectivity index (χ0) is 17.8. The van der Waals surface area contributed by atoms with E-state index in [0.29, 0.717) is 18.7 Å². The normalized spacial score (nSPS) is 20.9. The summed E-state index contributed by atoms with van der Waals surface area (Å²) in [7, 11) is 0. The van der Waals surface area contributed by atoms with Crippen LogP contribution in [-0.2, 0) is 16.0 Å². The molecule has 6 nitrogen and oxygen atoms in total. The molecular weight excluding hydrogens is 318 g/mol. The van der Waals surface area contributed by atoms with Crippen LogP contribution in [0.3, 0.4) is 0 Å². The van der Waals surface area contributed by atoms with Gasteiger partial charge in [0.2, 0.25) is 5.91 Å². The number of carbonyl (C=O) groups is 2. The van der Waals surface area contributed by atoms with E-state index in [4.69, 9.17) is 4.74 Å². The summed E-state index contributed by atoms with van der Waals surface area (Å²) >= 11 is 0. The molecule has 0 spiro atoms. The van der Waals surface area contributed by atoms with Crippen LogP contribution in [0.15, 0.2) is 12.1 Å². The molecule has 3 rings (SSSR count). The standard InChI is InChI=1S/C19H27N3O3/c1-3-16-17(9-8-14(2)20-16)25-13-19(24)21-10-4-6-15(12-21)22-11-5-7-18(22)23/h8-9,15H,3-7,10-13H2,1-2H3/t15-/m1/s1. The van der Waals surface area contributed by atoms with Gasteiger partial charge in [-0.15, -0.1) is 0 Å². The predicted molar refractivity (Wildman–Crippen MR) is 94.4 cm³/mol. The summed E-state index contributed by atoms with van der Waals surface area (Å²) in [6, 6.07) is 3.95. The largest absolute Gasteiger partial charge is 0.482 e. The van der Waals surface area contributed by atoms with Crippen molar-refractivity contribution in [2.75, 3.05) is 26.2 Å². The van der Waals surface area contributed by atoms with E-state index in [1.165, 1.54) is 0 Å². The minimum Gasteiger partial charge on any atom is -0.482 e. The molecule has 0 radical (unpaired) electrons. The maximum atomic E-state index is 12.6. The predicted octanol–water partition coefficient (Wildman–Crippen LogP) is 1.94. The van der Waals surface area contributed by atoms with Gasteiger partial charge in [0.25, 0.3) is 5.91 Å². The summed E-state index contributed by atoms with van der Waals surface area (Å²) in [5, 5.41) is 0. The molecule has 25 heavy (non-hydrogen) atoms. The number of amides is 2. The number of hydrogen-bond donors (Lipinski definition) is 0. The van der Waals surface area contributed by atoms with Crippen LogP contribution in [0.5, 0.6) is 5.75 Å². The van der Waals surface area contributed by atoms with Gasteiger partial charge < -0.3 is 14.5 Å². The summed E-state index contributed by atoms with van der Waals surface area (Å²) < 4.78 is 5.75. The van der Waals surface area contributed by atoms with Crippen LogP contribution in [0, 0.1) is 6.92 Å². The van der Waals surface area contributed by atoms with Crippen molar-refractivity contribution in [1.82, 2.24) is 14.8 Å². The maximum Gasteiger partial charge on any atom is 0.260 e. The summed E-state index contributed by atoms with van der Waals surface area (Å²) in [6.07, 6.45) is 4.28. The molecule has 0 unspecified atom stereocenters. The lowest BCUT2D eigenvalue weighted by Crippen LogP contribution is -2.51. The molecule has 6 heteroatoms. The third-order valence-corrected chi connectivity index (χ3v) is 5.06. The number of ether oxygens (including phenoxy) is 1. The highest BCUT2D eigenvalue weighted by Crippen LogP contribution is 2.22. The third-order valence-electron chi connectivity index (χ3n) is 5.06. The summed E-state index contributed by atoms with van der Waals surface area (Å²) in [5.41, 5.74) is 1.83. The van der Waals surface area contributed by atoms with E-state index in [2.05, 4.69) is 4.98 Å². The Balaban J connectivity index is 1.57. The number of piperidine rings is 1. The number of aryl methyl sites for hydroxylation is 2. The lowest BCUT2D eigenvalue weighted by Gasteiger charge is -2.37. The van der Waals surface area contributed by atoms with Crippen molar-refractivity contribution in [3.05, 3.63) is 23.5 Å². The van der Waals surface area contributed by atoms with Crippen LogP contribution in [-0.4, -0.2) is 58.9 Å². The van der Waals surface area contributed by atoms with Crippen LogP contribution >= 0.6 is 0 Å².